The minimum absolute atomic E-state index is 0.0336. The highest BCUT2D eigenvalue weighted by atomic mass is 32.2. The third-order valence-corrected chi connectivity index (χ3v) is 6.12. The molecule has 0 saturated heterocycles. The van der Waals surface area contributed by atoms with Crippen LogP contribution in [0, 0.1) is 6.92 Å². The second kappa shape index (κ2) is 8.03. The molecule has 0 aliphatic rings. The molecule has 0 aliphatic carbocycles. The van der Waals surface area contributed by atoms with Gasteiger partial charge in [0, 0.05) is 17.9 Å². The van der Waals surface area contributed by atoms with Crippen molar-refractivity contribution in [3.8, 4) is 11.5 Å². The summed E-state index contributed by atoms with van der Waals surface area (Å²) in [6, 6.07) is 17.4. The van der Waals surface area contributed by atoms with Gasteiger partial charge in [0.2, 0.25) is 11.7 Å². The Hall–Kier alpha value is -3.39. The summed E-state index contributed by atoms with van der Waals surface area (Å²) in [5, 5.41) is 10.1. The SMILES string of the molecule is CCCn1c(=O)c2ccccc2n2c(SCc3nc(-c4ccccc4)oc3C)nnc12. The first-order chi connectivity index (χ1) is 15.2. The summed E-state index contributed by atoms with van der Waals surface area (Å²) in [6.45, 7) is 4.56. The lowest BCUT2D eigenvalue weighted by Crippen LogP contribution is -2.23. The number of oxazole rings is 1. The Kier molecular flexibility index (Phi) is 5.07. The number of thioether (sulfide) groups is 1. The standard InChI is InChI=1S/C23H21N5O2S/c1-3-13-27-21(29)17-11-7-8-12-19(17)28-22(27)25-26-23(28)31-14-18-15(2)30-20(24-18)16-9-5-4-6-10-16/h4-12H,3,13-14H2,1-2H3. The van der Waals surface area contributed by atoms with Crippen molar-refractivity contribution < 1.29 is 4.42 Å². The van der Waals surface area contributed by atoms with Crippen molar-refractivity contribution in [1.29, 1.82) is 0 Å². The zero-order valence-electron chi connectivity index (χ0n) is 17.3. The van der Waals surface area contributed by atoms with E-state index in [2.05, 4.69) is 15.2 Å². The fourth-order valence-electron chi connectivity index (χ4n) is 3.65. The lowest BCUT2D eigenvalue weighted by atomic mass is 10.2. The largest absolute Gasteiger partial charge is 0.441 e. The molecule has 0 unspecified atom stereocenters. The van der Waals surface area contributed by atoms with Gasteiger partial charge in [-0.2, -0.15) is 0 Å². The molecule has 0 bridgehead atoms. The third-order valence-electron chi connectivity index (χ3n) is 5.18. The van der Waals surface area contributed by atoms with E-state index in [1.165, 1.54) is 11.8 Å². The average Bonchev–Trinajstić information content (AvgIpc) is 3.39. The Morgan fingerprint density at radius 1 is 1.03 bits per heavy atom. The normalized spacial score (nSPS) is 11.5. The van der Waals surface area contributed by atoms with E-state index >= 15 is 0 Å². The van der Waals surface area contributed by atoms with Crippen LogP contribution < -0.4 is 5.56 Å². The van der Waals surface area contributed by atoms with E-state index in [0.717, 1.165) is 34.1 Å². The molecule has 0 saturated carbocycles. The number of benzene rings is 2. The summed E-state index contributed by atoms with van der Waals surface area (Å²) in [6.07, 6.45) is 0.837. The van der Waals surface area contributed by atoms with Gasteiger partial charge in [-0.3, -0.25) is 13.8 Å². The molecule has 2 aromatic carbocycles. The van der Waals surface area contributed by atoms with Crippen molar-refractivity contribution in [2.45, 2.75) is 37.7 Å². The van der Waals surface area contributed by atoms with Crippen molar-refractivity contribution >= 4 is 28.4 Å². The molecular weight excluding hydrogens is 410 g/mol. The lowest BCUT2D eigenvalue weighted by molar-refractivity contribution is 0.540. The molecule has 0 spiro atoms. The van der Waals surface area contributed by atoms with Crippen molar-refractivity contribution in [2.24, 2.45) is 0 Å². The van der Waals surface area contributed by atoms with Gasteiger partial charge in [-0.25, -0.2) is 4.98 Å². The lowest BCUT2D eigenvalue weighted by Gasteiger charge is -2.10. The molecule has 3 aromatic heterocycles. The van der Waals surface area contributed by atoms with Gasteiger partial charge in [0.05, 0.1) is 16.6 Å². The first-order valence-electron chi connectivity index (χ1n) is 10.2. The highest BCUT2D eigenvalue weighted by Crippen LogP contribution is 2.28. The highest BCUT2D eigenvalue weighted by molar-refractivity contribution is 7.98. The number of aromatic nitrogens is 5. The molecular formula is C23H21N5O2S. The first-order valence-corrected chi connectivity index (χ1v) is 11.2. The average molecular weight is 432 g/mol. The zero-order valence-corrected chi connectivity index (χ0v) is 18.1. The number of hydrogen-bond acceptors (Lipinski definition) is 6. The van der Waals surface area contributed by atoms with E-state index in [1.807, 2.05) is 72.8 Å². The van der Waals surface area contributed by atoms with Gasteiger partial charge >= 0.3 is 0 Å². The summed E-state index contributed by atoms with van der Waals surface area (Å²) in [5.74, 6) is 2.55. The number of para-hydroxylation sites is 1. The summed E-state index contributed by atoms with van der Waals surface area (Å²) < 4.78 is 9.55. The monoisotopic (exact) mass is 431 g/mol. The minimum Gasteiger partial charge on any atom is -0.441 e. The Morgan fingerprint density at radius 2 is 1.81 bits per heavy atom. The molecule has 3 heterocycles. The van der Waals surface area contributed by atoms with E-state index < -0.39 is 0 Å². The van der Waals surface area contributed by atoms with Crippen LogP contribution in [-0.4, -0.2) is 24.1 Å². The zero-order chi connectivity index (χ0) is 21.4. The second-order valence-corrected chi connectivity index (χ2v) is 8.21. The van der Waals surface area contributed by atoms with Gasteiger partial charge in [0.1, 0.15) is 5.76 Å². The molecule has 8 heteroatoms. The fraction of sp³-hybridized carbons (Fsp3) is 0.217. The van der Waals surface area contributed by atoms with Crippen LogP contribution in [0.4, 0.5) is 0 Å². The number of hydrogen-bond donors (Lipinski definition) is 0. The van der Waals surface area contributed by atoms with Gasteiger partial charge in [-0.15, -0.1) is 10.2 Å². The van der Waals surface area contributed by atoms with Crippen LogP contribution in [0.1, 0.15) is 24.8 Å². The molecule has 7 nitrogen and oxygen atoms in total. The van der Waals surface area contributed by atoms with Crippen LogP contribution in [0.2, 0.25) is 0 Å². The molecule has 5 aromatic rings. The molecule has 0 N–H and O–H groups in total. The van der Waals surface area contributed by atoms with Crippen LogP contribution >= 0.6 is 11.8 Å². The van der Waals surface area contributed by atoms with E-state index in [0.29, 0.717) is 29.4 Å². The van der Waals surface area contributed by atoms with E-state index in [1.54, 1.807) is 4.57 Å². The molecule has 0 amide bonds. The van der Waals surface area contributed by atoms with Crippen LogP contribution in [0.3, 0.4) is 0 Å². The van der Waals surface area contributed by atoms with Gasteiger partial charge in [-0.1, -0.05) is 49.0 Å². The molecule has 0 atom stereocenters. The van der Waals surface area contributed by atoms with Gasteiger partial charge in [0.25, 0.3) is 5.56 Å². The van der Waals surface area contributed by atoms with Crippen LogP contribution in [-0.2, 0) is 12.3 Å². The summed E-state index contributed by atoms with van der Waals surface area (Å²) in [7, 11) is 0. The molecule has 31 heavy (non-hydrogen) atoms. The van der Waals surface area contributed by atoms with Crippen molar-refractivity contribution in [3.05, 3.63) is 76.4 Å². The van der Waals surface area contributed by atoms with E-state index in [-0.39, 0.29) is 5.56 Å². The topological polar surface area (TPSA) is 78.2 Å². The summed E-state index contributed by atoms with van der Waals surface area (Å²) in [4.78, 5) is 17.6. The van der Waals surface area contributed by atoms with Crippen molar-refractivity contribution in [3.63, 3.8) is 0 Å². The molecule has 0 aliphatic heterocycles. The number of aryl methyl sites for hydroxylation is 2. The van der Waals surface area contributed by atoms with Crippen LogP contribution in [0.15, 0.2) is 69.0 Å². The number of nitrogens with zero attached hydrogens (tertiary/aromatic N) is 5. The number of rotatable bonds is 6. The van der Waals surface area contributed by atoms with Crippen molar-refractivity contribution in [1.82, 2.24) is 24.1 Å². The maximum atomic E-state index is 13.0. The van der Waals surface area contributed by atoms with Gasteiger partial charge in [0.15, 0.2) is 5.16 Å². The van der Waals surface area contributed by atoms with E-state index in [9.17, 15) is 4.79 Å². The Balaban J connectivity index is 1.54. The van der Waals surface area contributed by atoms with Crippen molar-refractivity contribution in [2.75, 3.05) is 0 Å². The molecule has 0 fully saturated rings. The fourth-order valence-corrected chi connectivity index (χ4v) is 4.59. The predicted molar refractivity (Wildman–Crippen MR) is 121 cm³/mol. The number of fused-ring (bicyclic) bond motifs is 3. The smallest absolute Gasteiger partial charge is 0.262 e. The molecule has 156 valence electrons. The minimum atomic E-state index is -0.0336. The Morgan fingerprint density at radius 3 is 2.61 bits per heavy atom. The Labute approximate surface area is 182 Å². The Bertz CT molecular complexity index is 1440. The summed E-state index contributed by atoms with van der Waals surface area (Å²) in [5.41, 5.74) is 2.59. The molecule has 0 radical (unpaired) electrons. The van der Waals surface area contributed by atoms with Gasteiger partial charge in [-0.05, 0) is 37.6 Å². The van der Waals surface area contributed by atoms with Gasteiger partial charge < -0.3 is 4.42 Å². The van der Waals surface area contributed by atoms with E-state index in [4.69, 9.17) is 4.42 Å². The summed E-state index contributed by atoms with van der Waals surface area (Å²) >= 11 is 1.53. The molecule has 5 rings (SSSR count). The highest BCUT2D eigenvalue weighted by Gasteiger charge is 2.18. The second-order valence-electron chi connectivity index (χ2n) is 7.27. The quantitative estimate of drug-likeness (QED) is 0.362. The first kappa shape index (κ1) is 19.6. The van der Waals surface area contributed by atoms with Crippen LogP contribution in [0.5, 0.6) is 0 Å². The maximum Gasteiger partial charge on any atom is 0.262 e. The third kappa shape index (κ3) is 3.42. The predicted octanol–water partition coefficient (Wildman–Crippen LogP) is 4.71. The van der Waals surface area contributed by atoms with Crippen LogP contribution in [0.25, 0.3) is 28.1 Å². The maximum absolute atomic E-state index is 13.0.